The number of hydrogen-bond donors (Lipinski definition) is 1. The van der Waals surface area contributed by atoms with Gasteiger partial charge in [-0.05, 0) is 16.8 Å². The van der Waals surface area contributed by atoms with E-state index in [4.69, 9.17) is 5.11 Å². The number of carbonyl (C=O) groups is 2. The van der Waals surface area contributed by atoms with E-state index in [1.54, 1.807) is 12.1 Å². The first-order valence-electron chi connectivity index (χ1n) is 5.51. The fourth-order valence-electron chi connectivity index (χ4n) is 1.50. The molecule has 0 unspecified atom stereocenters. The first kappa shape index (κ1) is 17.9. The van der Waals surface area contributed by atoms with Crippen LogP contribution in [0.2, 0.25) is 0 Å². The average Bonchev–Trinajstić information content (AvgIpc) is 2.46. The van der Waals surface area contributed by atoms with Crippen molar-refractivity contribution in [2.45, 2.75) is 0 Å². The molecule has 20 heavy (non-hydrogen) atoms. The molecule has 0 saturated carbocycles. The molecule has 0 aromatic heterocycles. The number of carbonyl (C=O) groups excluding carboxylic acids is 1. The van der Waals surface area contributed by atoms with Crippen molar-refractivity contribution in [1.82, 2.24) is 0 Å². The molecule has 1 N–H and O–H groups in total. The maximum absolute atomic E-state index is 10.8. The molecule has 0 spiro atoms. The van der Waals surface area contributed by atoms with Crippen molar-refractivity contribution in [3.63, 3.8) is 0 Å². The van der Waals surface area contributed by atoms with E-state index in [1.807, 2.05) is 30.3 Å². The van der Waals surface area contributed by atoms with Crippen LogP contribution in [-0.4, -0.2) is 24.2 Å². The Morgan fingerprint density at radius 1 is 1.15 bits per heavy atom. The van der Waals surface area contributed by atoms with Crippen LogP contribution in [0.1, 0.15) is 10.4 Å². The number of benzene rings is 2. The number of ether oxygens (including phenoxy) is 1. The Morgan fingerprint density at radius 2 is 1.75 bits per heavy atom. The van der Waals surface area contributed by atoms with Crippen LogP contribution >= 0.6 is 0 Å². The molecule has 5 heteroatoms. The molecule has 0 saturated heterocycles. The molecule has 0 bridgehead atoms. The normalized spacial score (nSPS) is 8.65. The second kappa shape index (κ2) is 8.91. The molecule has 109 valence electrons. The van der Waals surface area contributed by atoms with Crippen molar-refractivity contribution in [2.24, 2.45) is 0 Å². The van der Waals surface area contributed by atoms with Crippen molar-refractivity contribution >= 4 is 22.7 Å². The Kier molecular flexibility index (Phi) is 7.97. The van der Waals surface area contributed by atoms with Crippen LogP contribution in [0.5, 0.6) is 0 Å². The van der Waals surface area contributed by atoms with E-state index in [9.17, 15) is 9.59 Å². The molecule has 0 aliphatic heterocycles. The number of rotatable bonds is 2. The van der Waals surface area contributed by atoms with Crippen LogP contribution in [0.25, 0.3) is 10.8 Å². The summed E-state index contributed by atoms with van der Waals surface area (Å²) in [7, 11) is 1.31. The largest absolute Gasteiger partial charge is 0.478 e. The van der Waals surface area contributed by atoms with Crippen molar-refractivity contribution < 1.29 is 36.5 Å². The topological polar surface area (TPSA) is 63.6 Å². The number of aromatic carboxylic acids is 1. The summed E-state index contributed by atoms with van der Waals surface area (Å²) in [6.07, 6.45) is 1.11. The van der Waals surface area contributed by atoms with Gasteiger partial charge in [0.15, 0.2) is 0 Å². The van der Waals surface area contributed by atoms with E-state index in [1.165, 1.54) is 7.11 Å². The smallest absolute Gasteiger partial charge is 0.336 e. The van der Waals surface area contributed by atoms with E-state index < -0.39 is 11.9 Å². The fraction of sp³-hybridized carbons (Fsp3) is 0.0667. The molecular formula is C15H14CuO4. The predicted molar refractivity (Wildman–Crippen MR) is 73.1 cm³/mol. The molecule has 0 amide bonds. The van der Waals surface area contributed by atoms with Gasteiger partial charge in [-0.2, -0.15) is 0 Å². The first-order chi connectivity index (χ1) is 9.10. The zero-order valence-electron chi connectivity index (χ0n) is 10.8. The van der Waals surface area contributed by atoms with Gasteiger partial charge in [0.1, 0.15) is 0 Å². The van der Waals surface area contributed by atoms with Gasteiger partial charge < -0.3 is 9.84 Å². The summed E-state index contributed by atoms with van der Waals surface area (Å²) in [6, 6.07) is 12.7. The minimum Gasteiger partial charge on any atom is -0.478 e. The number of esters is 1. The second-order valence-corrected chi connectivity index (χ2v) is 3.56. The molecular weight excluding hydrogens is 308 g/mol. The van der Waals surface area contributed by atoms with Crippen LogP contribution in [0, 0.1) is 0 Å². The zero-order chi connectivity index (χ0) is 14.3. The van der Waals surface area contributed by atoms with Crippen LogP contribution in [0.4, 0.5) is 0 Å². The third-order valence-corrected chi connectivity index (χ3v) is 2.39. The third kappa shape index (κ3) is 4.88. The Hall–Kier alpha value is -2.10. The molecule has 0 heterocycles. The Labute approximate surface area is 127 Å². The quantitative estimate of drug-likeness (QED) is 0.525. The number of carboxylic acids is 1. The molecule has 1 radical (unpaired) electrons. The average molecular weight is 322 g/mol. The number of hydrogen-bond acceptors (Lipinski definition) is 3. The Morgan fingerprint density at radius 3 is 2.25 bits per heavy atom. The van der Waals surface area contributed by atoms with Crippen LogP contribution in [-0.2, 0) is 26.6 Å². The second-order valence-electron chi connectivity index (χ2n) is 3.56. The van der Waals surface area contributed by atoms with Gasteiger partial charge in [-0.3, -0.25) is 0 Å². The van der Waals surface area contributed by atoms with Gasteiger partial charge >= 0.3 is 11.9 Å². The van der Waals surface area contributed by atoms with Crippen LogP contribution in [0.15, 0.2) is 55.1 Å². The summed E-state index contributed by atoms with van der Waals surface area (Å²) in [5.74, 6) is -1.27. The molecule has 0 aliphatic rings. The SMILES string of the molecule is C=CC(=O)OC.O=C(O)c1cccc2ccccc12.[Cu]. The van der Waals surface area contributed by atoms with Crippen molar-refractivity contribution in [3.05, 3.63) is 60.7 Å². The van der Waals surface area contributed by atoms with Gasteiger partial charge in [0.25, 0.3) is 0 Å². The summed E-state index contributed by atoms with van der Waals surface area (Å²) < 4.78 is 4.14. The molecule has 2 aromatic rings. The monoisotopic (exact) mass is 321 g/mol. The van der Waals surface area contributed by atoms with E-state index in [-0.39, 0.29) is 17.1 Å². The van der Waals surface area contributed by atoms with Gasteiger partial charge in [0, 0.05) is 23.1 Å². The molecule has 0 fully saturated rings. The molecule has 4 nitrogen and oxygen atoms in total. The predicted octanol–water partition coefficient (Wildman–Crippen LogP) is 2.88. The van der Waals surface area contributed by atoms with Gasteiger partial charge in [0.2, 0.25) is 0 Å². The van der Waals surface area contributed by atoms with E-state index in [0.29, 0.717) is 5.56 Å². The maximum atomic E-state index is 10.8. The first-order valence-corrected chi connectivity index (χ1v) is 5.51. The number of fused-ring (bicyclic) bond motifs is 1. The van der Waals surface area contributed by atoms with Gasteiger partial charge in [-0.15, -0.1) is 0 Å². The molecule has 0 atom stereocenters. The third-order valence-electron chi connectivity index (χ3n) is 2.39. The van der Waals surface area contributed by atoms with E-state index in [0.717, 1.165) is 16.8 Å². The molecule has 2 aromatic carbocycles. The molecule has 2 rings (SSSR count). The number of carboxylic acid groups (broad SMARTS) is 1. The Balaban J connectivity index is 0.000000448. The van der Waals surface area contributed by atoms with E-state index in [2.05, 4.69) is 11.3 Å². The number of methoxy groups -OCH3 is 1. The van der Waals surface area contributed by atoms with Crippen molar-refractivity contribution in [3.8, 4) is 0 Å². The summed E-state index contributed by atoms with van der Waals surface area (Å²) in [6.45, 7) is 3.16. The summed E-state index contributed by atoms with van der Waals surface area (Å²) in [5, 5.41) is 10.6. The van der Waals surface area contributed by atoms with Gasteiger partial charge in [-0.25, -0.2) is 9.59 Å². The summed E-state index contributed by atoms with van der Waals surface area (Å²) >= 11 is 0. The van der Waals surface area contributed by atoms with Gasteiger partial charge in [0.05, 0.1) is 12.7 Å². The molecule has 0 aliphatic carbocycles. The summed E-state index contributed by atoms with van der Waals surface area (Å²) in [5.41, 5.74) is 0.359. The van der Waals surface area contributed by atoms with Crippen LogP contribution in [0.3, 0.4) is 0 Å². The standard InChI is InChI=1S/C11H8O2.C4H6O2.Cu/c12-11(13)10-7-3-5-8-4-1-2-6-9(8)10;1-3-4(5)6-2;/h1-7H,(H,12,13);3H,1H2,2H3;. The van der Waals surface area contributed by atoms with Gasteiger partial charge in [-0.1, -0.05) is 43.0 Å². The minimum absolute atomic E-state index is 0. The van der Waals surface area contributed by atoms with Crippen molar-refractivity contribution in [1.29, 1.82) is 0 Å². The maximum Gasteiger partial charge on any atom is 0.336 e. The van der Waals surface area contributed by atoms with Crippen LogP contribution < -0.4 is 0 Å². The van der Waals surface area contributed by atoms with E-state index >= 15 is 0 Å². The minimum atomic E-state index is -0.878. The Bertz CT molecular complexity index is 602. The zero-order valence-corrected chi connectivity index (χ0v) is 11.7. The summed E-state index contributed by atoms with van der Waals surface area (Å²) in [4.78, 5) is 20.7. The fourth-order valence-corrected chi connectivity index (χ4v) is 1.50. The van der Waals surface area contributed by atoms with Crippen molar-refractivity contribution in [2.75, 3.05) is 7.11 Å².